The van der Waals surface area contributed by atoms with Crippen LogP contribution in [0.2, 0.25) is 0 Å². The lowest BCUT2D eigenvalue weighted by molar-refractivity contribution is -0.146. The largest absolute Gasteiger partial charge is 0.324 e. The van der Waals surface area contributed by atoms with Crippen LogP contribution >= 0.6 is 34.9 Å². The maximum Gasteiger partial charge on any atom is 0.247 e. The molecule has 3 amide bonds. The molecule has 3 unspecified atom stereocenters. The monoisotopic (exact) mass is 463 g/mol. The summed E-state index contributed by atoms with van der Waals surface area (Å²) in [5.74, 6) is -0.390. The predicted octanol–water partition coefficient (Wildman–Crippen LogP) is 4.25. The minimum Gasteiger partial charge on any atom is -0.324 e. The summed E-state index contributed by atoms with van der Waals surface area (Å²) in [5.41, 5.74) is 1.56. The molecule has 30 heavy (non-hydrogen) atoms. The van der Waals surface area contributed by atoms with Crippen LogP contribution in [0.25, 0.3) is 10.2 Å². The Morgan fingerprint density at radius 3 is 2.57 bits per heavy atom. The van der Waals surface area contributed by atoms with E-state index in [4.69, 9.17) is 0 Å². The van der Waals surface area contributed by atoms with Crippen molar-refractivity contribution in [3.05, 3.63) is 18.2 Å². The first-order valence-electron chi connectivity index (χ1n) is 10.1. The van der Waals surface area contributed by atoms with E-state index in [2.05, 4.69) is 10.3 Å². The fourth-order valence-electron chi connectivity index (χ4n) is 4.40. The summed E-state index contributed by atoms with van der Waals surface area (Å²) in [6, 6.07) is 4.85. The Bertz CT molecular complexity index is 953. The van der Waals surface area contributed by atoms with E-state index in [1.165, 1.54) is 4.90 Å². The van der Waals surface area contributed by atoms with Gasteiger partial charge < -0.3 is 5.32 Å². The number of nitrogens with one attached hydrogen (secondary N) is 1. The van der Waals surface area contributed by atoms with E-state index in [-0.39, 0.29) is 29.6 Å². The smallest absolute Gasteiger partial charge is 0.247 e. The number of carbonyl (C=O) groups is 3. The number of thiazole rings is 1. The summed E-state index contributed by atoms with van der Waals surface area (Å²) < 4.78 is 1.97. The van der Waals surface area contributed by atoms with Gasteiger partial charge in [-0.25, -0.2) is 4.98 Å². The summed E-state index contributed by atoms with van der Waals surface area (Å²) in [6.45, 7) is 0. The highest BCUT2D eigenvalue weighted by atomic mass is 32.2. The highest BCUT2D eigenvalue weighted by Gasteiger charge is 2.51. The number of aromatic nitrogens is 1. The third-order valence-corrected chi connectivity index (χ3v) is 8.54. The average molecular weight is 464 g/mol. The number of rotatable bonds is 7. The molecule has 1 saturated heterocycles. The molecule has 1 saturated carbocycles. The van der Waals surface area contributed by atoms with Crippen LogP contribution in [0.5, 0.6) is 0 Å². The number of carbonyl (C=O) groups excluding carboxylic acids is 3. The molecule has 4 rings (SSSR count). The molecule has 1 N–H and O–H groups in total. The minimum atomic E-state index is -0.762. The number of imide groups is 1. The van der Waals surface area contributed by atoms with Crippen LogP contribution in [-0.4, -0.2) is 51.9 Å². The fourth-order valence-corrected chi connectivity index (χ4v) is 6.38. The Morgan fingerprint density at radius 1 is 1.23 bits per heavy atom. The van der Waals surface area contributed by atoms with Gasteiger partial charge in [0.1, 0.15) is 6.04 Å². The van der Waals surface area contributed by atoms with Gasteiger partial charge in [-0.15, -0.1) is 11.3 Å². The van der Waals surface area contributed by atoms with E-state index in [1.807, 2.05) is 30.7 Å². The van der Waals surface area contributed by atoms with E-state index in [9.17, 15) is 14.4 Å². The molecule has 0 spiro atoms. The molecule has 2 heterocycles. The van der Waals surface area contributed by atoms with E-state index in [1.54, 1.807) is 34.9 Å². The van der Waals surface area contributed by atoms with Crippen molar-refractivity contribution in [3.63, 3.8) is 0 Å². The number of fused-ring (bicyclic) bond motifs is 2. The van der Waals surface area contributed by atoms with Gasteiger partial charge in [0.2, 0.25) is 17.7 Å². The second-order valence-corrected chi connectivity index (χ2v) is 10.8. The molecular weight excluding hydrogens is 438 g/mol. The highest BCUT2D eigenvalue weighted by Crippen LogP contribution is 2.39. The predicted molar refractivity (Wildman–Crippen MR) is 124 cm³/mol. The van der Waals surface area contributed by atoms with Gasteiger partial charge in [0.05, 0.1) is 22.1 Å². The molecule has 2 aliphatic rings. The van der Waals surface area contributed by atoms with Gasteiger partial charge in [-0.1, -0.05) is 24.6 Å². The molecule has 9 heteroatoms. The molecular formula is C21H25N3O3S3. The average Bonchev–Trinajstić information content (AvgIpc) is 3.28. The Hall–Kier alpha value is -1.58. The normalized spacial score (nSPS) is 22.4. The number of benzene rings is 1. The van der Waals surface area contributed by atoms with E-state index in [0.29, 0.717) is 17.9 Å². The zero-order valence-electron chi connectivity index (χ0n) is 17.1. The minimum absolute atomic E-state index is 0.159. The van der Waals surface area contributed by atoms with Gasteiger partial charge in [0.15, 0.2) is 4.34 Å². The zero-order valence-corrected chi connectivity index (χ0v) is 19.5. The summed E-state index contributed by atoms with van der Waals surface area (Å²) in [6.07, 6.45) is 7.86. The number of nitrogens with zero attached hydrogens (tertiary/aromatic N) is 2. The van der Waals surface area contributed by atoms with Gasteiger partial charge in [0.25, 0.3) is 0 Å². The van der Waals surface area contributed by atoms with Crippen LogP contribution in [0.4, 0.5) is 5.69 Å². The topological polar surface area (TPSA) is 79.4 Å². The highest BCUT2D eigenvalue weighted by molar-refractivity contribution is 8.00. The molecule has 1 aliphatic carbocycles. The van der Waals surface area contributed by atoms with Gasteiger partial charge in [0, 0.05) is 5.69 Å². The van der Waals surface area contributed by atoms with Crippen LogP contribution in [-0.2, 0) is 14.4 Å². The first kappa shape index (κ1) is 21.6. The lowest BCUT2D eigenvalue weighted by Crippen LogP contribution is -2.48. The van der Waals surface area contributed by atoms with Crippen LogP contribution in [0.1, 0.15) is 32.1 Å². The van der Waals surface area contributed by atoms with Crippen LogP contribution in [0.15, 0.2) is 22.5 Å². The number of hydrogen-bond donors (Lipinski definition) is 1. The van der Waals surface area contributed by atoms with Crippen molar-refractivity contribution in [2.75, 3.05) is 23.6 Å². The third kappa shape index (κ3) is 4.11. The zero-order chi connectivity index (χ0) is 21.3. The molecule has 1 aromatic carbocycles. The van der Waals surface area contributed by atoms with Gasteiger partial charge in [-0.05, 0) is 55.7 Å². The third-order valence-electron chi connectivity index (χ3n) is 5.90. The number of amides is 3. The first-order chi connectivity index (χ1) is 14.5. The van der Waals surface area contributed by atoms with Gasteiger partial charge >= 0.3 is 0 Å². The molecule has 1 aliphatic heterocycles. The Labute approximate surface area is 188 Å². The number of anilines is 1. The summed E-state index contributed by atoms with van der Waals surface area (Å²) in [7, 11) is 0. The SMILES string of the molecule is CSCCC(C(=O)Nc1ccc2nc(SC)sc2c1)N1C(=O)C2CCCCC2C1=O. The maximum atomic E-state index is 13.2. The van der Waals surface area contributed by atoms with E-state index >= 15 is 0 Å². The second-order valence-electron chi connectivity index (χ2n) is 7.70. The Balaban J connectivity index is 1.56. The lowest BCUT2D eigenvalue weighted by Gasteiger charge is -2.26. The van der Waals surface area contributed by atoms with Crippen LogP contribution in [0.3, 0.4) is 0 Å². The van der Waals surface area contributed by atoms with Crippen molar-refractivity contribution in [2.45, 2.75) is 42.5 Å². The molecule has 2 aromatic rings. The summed E-state index contributed by atoms with van der Waals surface area (Å²) >= 11 is 4.78. The van der Waals surface area contributed by atoms with Crippen molar-refractivity contribution >= 4 is 68.5 Å². The number of likely N-dealkylation sites (tertiary alicyclic amines) is 1. The molecule has 3 atom stereocenters. The van der Waals surface area contributed by atoms with E-state index in [0.717, 1.165) is 40.2 Å². The second kappa shape index (κ2) is 9.28. The number of hydrogen-bond acceptors (Lipinski definition) is 7. The summed E-state index contributed by atoms with van der Waals surface area (Å²) in [5, 5.41) is 2.95. The first-order valence-corrected chi connectivity index (χ1v) is 13.6. The standard InChI is InChI=1S/C21H25N3O3S3/c1-28-10-9-16(24-19(26)13-5-3-4-6-14(13)20(24)27)18(25)22-12-7-8-15-17(11-12)30-21(23-15)29-2/h7-8,11,13-14,16H,3-6,9-10H2,1-2H3,(H,22,25). The summed E-state index contributed by atoms with van der Waals surface area (Å²) in [4.78, 5) is 45.1. The lowest BCUT2D eigenvalue weighted by atomic mass is 9.81. The van der Waals surface area contributed by atoms with Crippen molar-refractivity contribution in [2.24, 2.45) is 11.8 Å². The maximum absolute atomic E-state index is 13.2. The molecule has 0 bridgehead atoms. The quantitative estimate of drug-likeness (QED) is 0.488. The molecule has 2 fully saturated rings. The van der Waals surface area contributed by atoms with Crippen molar-refractivity contribution in [3.8, 4) is 0 Å². The number of thioether (sulfide) groups is 2. The fraction of sp³-hybridized carbons (Fsp3) is 0.524. The van der Waals surface area contributed by atoms with Crippen molar-refractivity contribution in [1.29, 1.82) is 0 Å². The molecule has 0 radical (unpaired) electrons. The van der Waals surface area contributed by atoms with Crippen molar-refractivity contribution in [1.82, 2.24) is 9.88 Å². The molecule has 1 aromatic heterocycles. The Morgan fingerprint density at radius 2 is 1.93 bits per heavy atom. The van der Waals surface area contributed by atoms with Gasteiger partial charge in [-0.2, -0.15) is 11.8 Å². The van der Waals surface area contributed by atoms with Crippen LogP contribution in [0, 0.1) is 11.8 Å². The molecule has 160 valence electrons. The van der Waals surface area contributed by atoms with Crippen LogP contribution < -0.4 is 5.32 Å². The van der Waals surface area contributed by atoms with Crippen molar-refractivity contribution < 1.29 is 14.4 Å². The van der Waals surface area contributed by atoms with E-state index < -0.39 is 6.04 Å². The Kier molecular flexibility index (Phi) is 6.69. The van der Waals surface area contributed by atoms with Gasteiger partial charge in [-0.3, -0.25) is 19.3 Å². The molecule has 6 nitrogen and oxygen atoms in total.